The summed E-state index contributed by atoms with van der Waals surface area (Å²) in [5, 5.41) is 2.03. The van der Waals surface area contributed by atoms with Gasteiger partial charge in [-0.2, -0.15) is 0 Å². The average molecular weight is 262 g/mol. The summed E-state index contributed by atoms with van der Waals surface area (Å²) in [4.78, 5) is 13.5. The van der Waals surface area contributed by atoms with E-state index in [4.69, 9.17) is 5.73 Å². The molecule has 1 atom stereocenters. The molecule has 96 valence electrons. The average Bonchev–Trinajstić information content (AvgIpc) is 2.91. The topological polar surface area (TPSA) is 48.0 Å². The smallest absolute Gasteiger partial charge is 0.255 e. The van der Waals surface area contributed by atoms with Gasteiger partial charge in [0.15, 0.2) is 0 Å². The Morgan fingerprint density at radius 2 is 2.17 bits per heavy atom. The minimum absolute atomic E-state index is 0.0396. The van der Waals surface area contributed by atoms with Crippen LogP contribution >= 0.6 is 11.3 Å². The van der Waals surface area contributed by atoms with E-state index in [0.29, 0.717) is 12.1 Å². The molecule has 0 spiro atoms. The normalized spacial score (nSPS) is 12.6. The largest absolute Gasteiger partial charge is 0.326 e. The predicted octanol–water partition coefficient (Wildman–Crippen LogP) is 3.01. The third kappa shape index (κ3) is 2.26. The molecule has 2 aromatic rings. The first kappa shape index (κ1) is 13.1. The first-order valence-corrected chi connectivity index (χ1v) is 7.05. The van der Waals surface area contributed by atoms with Crippen molar-refractivity contribution in [1.82, 2.24) is 4.57 Å². The molecule has 4 heteroatoms. The van der Waals surface area contributed by atoms with Crippen LogP contribution in [-0.2, 0) is 6.54 Å². The summed E-state index contributed by atoms with van der Waals surface area (Å²) >= 11 is 1.65. The van der Waals surface area contributed by atoms with E-state index in [1.54, 1.807) is 11.3 Å². The van der Waals surface area contributed by atoms with Crippen molar-refractivity contribution in [3.05, 3.63) is 45.6 Å². The Labute approximate surface area is 111 Å². The van der Waals surface area contributed by atoms with Gasteiger partial charge in [0.05, 0.1) is 10.6 Å². The Bertz CT molecular complexity index is 572. The predicted molar refractivity (Wildman–Crippen MR) is 76.9 cm³/mol. The molecule has 0 aliphatic rings. The number of aromatic nitrogens is 1. The quantitative estimate of drug-likeness (QED) is 0.920. The number of thiophene rings is 1. The summed E-state index contributed by atoms with van der Waals surface area (Å²) in [5.41, 5.74) is 7.32. The highest BCUT2D eigenvalue weighted by Gasteiger charge is 2.14. The molecule has 2 aromatic heterocycles. The molecule has 0 aliphatic carbocycles. The van der Waals surface area contributed by atoms with Gasteiger partial charge in [-0.05, 0) is 30.9 Å². The fraction of sp³-hybridized carbons (Fsp3) is 0.357. The lowest BCUT2D eigenvalue weighted by Gasteiger charge is -2.18. The Morgan fingerprint density at radius 1 is 1.39 bits per heavy atom. The van der Waals surface area contributed by atoms with Crippen LogP contribution in [0.2, 0.25) is 0 Å². The number of hydrogen-bond acceptors (Lipinski definition) is 3. The molecule has 3 nitrogen and oxygen atoms in total. The zero-order valence-electron chi connectivity index (χ0n) is 10.7. The van der Waals surface area contributed by atoms with Crippen molar-refractivity contribution in [2.45, 2.75) is 32.9 Å². The van der Waals surface area contributed by atoms with Crippen LogP contribution in [0.25, 0.3) is 10.6 Å². The summed E-state index contributed by atoms with van der Waals surface area (Å²) in [6, 6.07) is 8.07. The molecule has 0 bridgehead atoms. The minimum atomic E-state index is 0.0396. The zero-order valence-corrected chi connectivity index (χ0v) is 11.5. The highest BCUT2D eigenvalue weighted by atomic mass is 32.1. The minimum Gasteiger partial charge on any atom is -0.326 e. The molecule has 0 aliphatic heterocycles. The van der Waals surface area contributed by atoms with Crippen molar-refractivity contribution >= 4 is 11.3 Å². The van der Waals surface area contributed by atoms with E-state index < -0.39 is 0 Å². The van der Waals surface area contributed by atoms with Crippen LogP contribution < -0.4 is 11.3 Å². The Kier molecular flexibility index (Phi) is 3.99. The molecule has 0 fully saturated rings. The van der Waals surface area contributed by atoms with E-state index in [-0.39, 0.29) is 11.6 Å². The summed E-state index contributed by atoms with van der Waals surface area (Å²) in [6.45, 7) is 4.45. The first-order chi connectivity index (χ1) is 8.69. The summed E-state index contributed by atoms with van der Waals surface area (Å²) in [6.07, 6.45) is 0.923. The molecule has 0 radical (unpaired) electrons. The molecule has 0 saturated heterocycles. The SMILES string of the molecule is CCC(C)n1c(-c2cccs2)ccc(CN)c1=O. The molecule has 2 N–H and O–H groups in total. The van der Waals surface area contributed by atoms with Gasteiger partial charge in [-0.3, -0.25) is 4.79 Å². The van der Waals surface area contributed by atoms with E-state index in [2.05, 4.69) is 13.8 Å². The molecule has 2 rings (SSSR count). The lowest BCUT2D eigenvalue weighted by Crippen LogP contribution is -2.28. The first-order valence-electron chi connectivity index (χ1n) is 6.17. The van der Waals surface area contributed by atoms with Gasteiger partial charge >= 0.3 is 0 Å². The molecule has 0 saturated carbocycles. The third-order valence-corrected chi connectivity index (χ3v) is 4.11. The number of nitrogens with zero attached hydrogens (tertiary/aromatic N) is 1. The number of hydrogen-bond donors (Lipinski definition) is 1. The molecular weight excluding hydrogens is 244 g/mol. The van der Waals surface area contributed by atoms with Crippen molar-refractivity contribution < 1.29 is 0 Å². The number of rotatable bonds is 4. The molecule has 0 amide bonds. The third-order valence-electron chi connectivity index (χ3n) is 3.22. The van der Waals surface area contributed by atoms with Crippen LogP contribution in [0.5, 0.6) is 0 Å². The van der Waals surface area contributed by atoms with Gasteiger partial charge in [-0.15, -0.1) is 11.3 Å². The fourth-order valence-electron chi connectivity index (χ4n) is 2.00. The summed E-state index contributed by atoms with van der Waals surface area (Å²) in [7, 11) is 0. The van der Waals surface area contributed by atoms with Crippen LogP contribution in [0.4, 0.5) is 0 Å². The molecule has 18 heavy (non-hydrogen) atoms. The molecule has 0 aromatic carbocycles. The monoisotopic (exact) mass is 262 g/mol. The van der Waals surface area contributed by atoms with Crippen molar-refractivity contribution in [2.24, 2.45) is 5.73 Å². The Hall–Kier alpha value is -1.39. The van der Waals surface area contributed by atoms with E-state index in [1.807, 2.05) is 34.2 Å². The summed E-state index contributed by atoms with van der Waals surface area (Å²) < 4.78 is 1.87. The van der Waals surface area contributed by atoms with Crippen molar-refractivity contribution in [3.63, 3.8) is 0 Å². The van der Waals surface area contributed by atoms with Gasteiger partial charge < -0.3 is 10.3 Å². The Balaban J connectivity index is 2.67. The second kappa shape index (κ2) is 5.50. The van der Waals surface area contributed by atoms with Crippen LogP contribution in [0, 0.1) is 0 Å². The van der Waals surface area contributed by atoms with Crippen LogP contribution in [0.1, 0.15) is 31.9 Å². The van der Waals surface area contributed by atoms with Gasteiger partial charge in [-0.25, -0.2) is 0 Å². The standard InChI is InChI=1S/C14H18N2OS/c1-3-10(2)16-12(13-5-4-8-18-13)7-6-11(9-15)14(16)17/h4-8,10H,3,9,15H2,1-2H3. The van der Waals surface area contributed by atoms with Crippen LogP contribution in [-0.4, -0.2) is 4.57 Å². The lowest BCUT2D eigenvalue weighted by atomic mass is 10.1. The van der Waals surface area contributed by atoms with E-state index in [9.17, 15) is 4.79 Å². The van der Waals surface area contributed by atoms with Crippen molar-refractivity contribution in [3.8, 4) is 10.6 Å². The number of nitrogens with two attached hydrogens (primary N) is 1. The van der Waals surface area contributed by atoms with Gasteiger partial charge in [0.1, 0.15) is 0 Å². The molecule has 2 heterocycles. The second-order valence-corrected chi connectivity index (χ2v) is 5.31. The van der Waals surface area contributed by atoms with E-state index in [0.717, 1.165) is 17.0 Å². The summed E-state index contributed by atoms with van der Waals surface area (Å²) in [5.74, 6) is 0. The molecule has 1 unspecified atom stereocenters. The number of pyridine rings is 1. The highest BCUT2D eigenvalue weighted by molar-refractivity contribution is 7.13. The van der Waals surface area contributed by atoms with Crippen molar-refractivity contribution in [1.29, 1.82) is 0 Å². The van der Waals surface area contributed by atoms with E-state index >= 15 is 0 Å². The van der Waals surface area contributed by atoms with E-state index in [1.165, 1.54) is 0 Å². The second-order valence-electron chi connectivity index (χ2n) is 4.36. The van der Waals surface area contributed by atoms with Gasteiger partial charge in [-0.1, -0.05) is 19.1 Å². The lowest BCUT2D eigenvalue weighted by molar-refractivity contribution is 0.517. The fourth-order valence-corrected chi connectivity index (χ4v) is 2.74. The Morgan fingerprint density at radius 3 is 2.72 bits per heavy atom. The van der Waals surface area contributed by atoms with Crippen LogP contribution in [0.3, 0.4) is 0 Å². The van der Waals surface area contributed by atoms with Crippen molar-refractivity contribution in [2.75, 3.05) is 0 Å². The van der Waals surface area contributed by atoms with Gasteiger partial charge in [0, 0.05) is 18.2 Å². The van der Waals surface area contributed by atoms with Crippen LogP contribution in [0.15, 0.2) is 34.4 Å². The zero-order chi connectivity index (χ0) is 13.1. The maximum Gasteiger partial charge on any atom is 0.255 e. The van der Waals surface area contributed by atoms with Gasteiger partial charge in [0.25, 0.3) is 5.56 Å². The highest BCUT2D eigenvalue weighted by Crippen LogP contribution is 2.26. The maximum absolute atomic E-state index is 12.4. The van der Waals surface area contributed by atoms with Gasteiger partial charge in [0.2, 0.25) is 0 Å². The maximum atomic E-state index is 12.4. The molecular formula is C14H18N2OS.